The lowest BCUT2D eigenvalue weighted by Crippen LogP contribution is -2.43. The number of carbonyl (C=O) groups excluding carboxylic acids is 1. The zero-order valence-electron chi connectivity index (χ0n) is 12.4. The molecule has 1 amide bonds. The second kappa shape index (κ2) is 5.76. The summed E-state index contributed by atoms with van der Waals surface area (Å²) in [6.07, 6.45) is 4.99. The highest BCUT2D eigenvalue weighted by Gasteiger charge is 2.40. The summed E-state index contributed by atoms with van der Waals surface area (Å²) in [5, 5.41) is 0. The molecule has 2 heterocycles. The number of benzene rings is 1. The first kappa shape index (κ1) is 13.9. The lowest BCUT2D eigenvalue weighted by molar-refractivity contribution is 0.0819. The first-order valence-electron chi connectivity index (χ1n) is 7.51. The predicted octanol–water partition coefficient (Wildman–Crippen LogP) is 4.06. The van der Waals surface area contributed by atoms with Crippen molar-refractivity contribution in [1.82, 2.24) is 4.90 Å². The van der Waals surface area contributed by atoms with E-state index in [0.717, 1.165) is 30.4 Å². The average Bonchev–Trinajstić information content (AvgIpc) is 2.75. The van der Waals surface area contributed by atoms with Crippen molar-refractivity contribution in [2.75, 3.05) is 0 Å². The molecule has 0 aromatic heterocycles. The highest BCUT2D eigenvalue weighted by Crippen LogP contribution is 2.37. The average molecular weight is 283 g/mol. The Kier molecular flexibility index (Phi) is 3.82. The Morgan fingerprint density at radius 2 is 2.10 bits per heavy atom. The number of ether oxygens (including phenoxy) is 1. The van der Waals surface area contributed by atoms with E-state index in [1.165, 1.54) is 5.57 Å². The molecule has 3 nitrogen and oxygen atoms in total. The molecule has 110 valence electrons. The van der Waals surface area contributed by atoms with Gasteiger partial charge in [-0.15, -0.1) is 0 Å². The van der Waals surface area contributed by atoms with Crippen molar-refractivity contribution in [3.05, 3.63) is 59.7 Å². The largest absolute Gasteiger partial charge is 0.445 e. The zero-order valence-corrected chi connectivity index (χ0v) is 12.4. The van der Waals surface area contributed by atoms with E-state index in [1.807, 2.05) is 42.2 Å². The fourth-order valence-electron chi connectivity index (χ4n) is 3.23. The van der Waals surface area contributed by atoms with Crippen LogP contribution in [0.2, 0.25) is 0 Å². The van der Waals surface area contributed by atoms with Crippen LogP contribution in [0.5, 0.6) is 0 Å². The Bertz CT molecular complexity index is 576. The number of nitrogens with zero attached hydrogens (tertiary/aromatic N) is 1. The number of amides is 1. The van der Waals surface area contributed by atoms with Gasteiger partial charge >= 0.3 is 6.09 Å². The van der Waals surface area contributed by atoms with E-state index in [1.54, 1.807) is 0 Å². The number of hydrogen-bond acceptors (Lipinski definition) is 2. The summed E-state index contributed by atoms with van der Waals surface area (Å²) in [6, 6.07) is 10.3. The van der Waals surface area contributed by atoms with Crippen molar-refractivity contribution in [3.8, 4) is 0 Å². The maximum atomic E-state index is 12.4. The first-order chi connectivity index (χ1) is 10.1. The summed E-state index contributed by atoms with van der Waals surface area (Å²) in [7, 11) is 0. The lowest BCUT2D eigenvalue weighted by Gasteiger charge is -2.33. The van der Waals surface area contributed by atoms with Gasteiger partial charge in [-0.2, -0.15) is 0 Å². The van der Waals surface area contributed by atoms with Gasteiger partial charge in [0, 0.05) is 6.04 Å². The van der Waals surface area contributed by atoms with E-state index >= 15 is 0 Å². The molecule has 21 heavy (non-hydrogen) atoms. The molecule has 1 fully saturated rings. The third kappa shape index (κ3) is 2.87. The van der Waals surface area contributed by atoms with Crippen molar-refractivity contribution < 1.29 is 9.53 Å². The van der Waals surface area contributed by atoms with Gasteiger partial charge in [-0.05, 0) is 37.3 Å². The van der Waals surface area contributed by atoms with Gasteiger partial charge in [0.1, 0.15) is 6.61 Å². The SMILES string of the molecule is C=C(C)C1=CC2CCC(C1)N2C(=O)OCc1ccccc1. The molecule has 0 radical (unpaired) electrons. The van der Waals surface area contributed by atoms with Gasteiger partial charge in [0.2, 0.25) is 0 Å². The van der Waals surface area contributed by atoms with E-state index < -0.39 is 0 Å². The maximum Gasteiger partial charge on any atom is 0.410 e. The van der Waals surface area contributed by atoms with Gasteiger partial charge in [-0.1, -0.05) is 48.6 Å². The summed E-state index contributed by atoms with van der Waals surface area (Å²) in [4.78, 5) is 14.3. The standard InChI is InChI=1S/C18H21NO2/c1-13(2)15-10-16-8-9-17(11-15)19(16)18(20)21-12-14-6-4-3-5-7-14/h3-7,10,16-17H,1,8-9,11-12H2,2H3. The summed E-state index contributed by atoms with van der Waals surface area (Å²) < 4.78 is 5.48. The molecule has 0 spiro atoms. The molecule has 1 saturated heterocycles. The molecule has 1 aromatic carbocycles. The first-order valence-corrected chi connectivity index (χ1v) is 7.51. The van der Waals surface area contributed by atoms with Crippen LogP contribution in [0.1, 0.15) is 31.7 Å². The Hall–Kier alpha value is -2.03. The normalized spacial score (nSPS) is 23.7. The van der Waals surface area contributed by atoms with Crippen molar-refractivity contribution in [1.29, 1.82) is 0 Å². The van der Waals surface area contributed by atoms with E-state index in [0.29, 0.717) is 6.61 Å². The Labute approximate surface area is 125 Å². The quantitative estimate of drug-likeness (QED) is 0.837. The molecule has 0 N–H and O–H groups in total. The lowest BCUT2D eigenvalue weighted by atomic mass is 9.97. The summed E-state index contributed by atoms with van der Waals surface area (Å²) in [5.41, 5.74) is 3.44. The van der Waals surface area contributed by atoms with E-state index in [2.05, 4.69) is 12.7 Å². The molecule has 3 heteroatoms. The number of fused-ring (bicyclic) bond motifs is 2. The van der Waals surface area contributed by atoms with Crippen LogP contribution < -0.4 is 0 Å². The smallest absolute Gasteiger partial charge is 0.410 e. The maximum absolute atomic E-state index is 12.4. The highest BCUT2D eigenvalue weighted by atomic mass is 16.6. The molecule has 3 rings (SSSR count). The molecule has 2 aliphatic rings. The predicted molar refractivity (Wildman–Crippen MR) is 82.8 cm³/mol. The third-order valence-electron chi connectivity index (χ3n) is 4.36. The van der Waals surface area contributed by atoms with E-state index in [9.17, 15) is 4.79 Å². The van der Waals surface area contributed by atoms with Crippen LogP contribution in [0.25, 0.3) is 0 Å². The minimum absolute atomic E-state index is 0.179. The zero-order chi connectivity index (χ0) is 14.8. The number of hydrogen-bond donors (Lipinski definition) is 0. The van der Waals surface area contributed by atoms with Crippen LogP contribution in [0.3, 0.4) is 0 Å². The fourth-order valence-corrected chi connectivity index (χ4v) is 3.23. The van der Waals surface area contributed by atoms with Crippen LogP contribution in [0.15, 0.2) is 54.1 Å². The van der Waals surface area contributed by atoms with Crippen LogP contribution in [0, 0.1) is 0 Å². The van der Waals surface area contributed by atoms with Gasteiger partial charge in [0.15, 0.2) is 0 Å². The second-order valence-corrected chi connectivity index (χ2v) is 5.92. The monoisotopic (exact) mass is 283 g/mol. The molecule has 0 saturated carbocycles. The molecule has 2 bridgehead atoms. The topological polar surface area (TPSA) is 29.5 Å². The molecular weight excluding hydrogens is 262 g/mol. The van der Waals surface area contributed by atoms with Gasteiger partial charge < -0.3 is 4.74 Å². The van der Waals surface area contributed by atoms with E-state index in [4.69, 9.17) is 4.74 Å². The van der Waals surface area contributed by atoms with Gasteiger partial charge in [-0.25, -0.2) is 4.79 Å². The molecule has 2 unspecified atom stereocenters. The number of rotatable bonds is 3. The molecule has 0 aliphatic carbocycles. The molecule has 2 aliphatic heterocycles. The van der Waals surface area contributed by atoms with Crippen LogP contribution in [0.4, 0.5) is 4.79 Å². The summed E-state index contributed by atoms with van der Waals surface area (Å²) >= 11 is 0. The molecule has 1 aromatic rings. The van der Waals surface area contributed by atoms with Crippen molar-refractivity contribution in [2.45, 2.75) is 44.9 Å². The number of allylic oxidation sites excluding steroid dienone is 1. The van der Waals surface area contributed by atoms with Gasteiger partial charge in [0.25, 0.3) is 0 Å². The van der Waals surface area contributed by atoms with Gasteiger partial charge in [0.05, 0.1) is 6.04 Å². The fraction of sp³-hybridized carbons (Fsp3) is 0.389. The van der Waals surface area contributed by atoms with Crippen LogP contribution in [-0.4, -0.2) is 23.1 Å². The Morgan fingerprint density at radius 1 is 1.33 bits per heavy atom. The Balaban J connectivity index is 1.65. The summed E-state index contributed by atoms with van der Waals surface area (Å²) in [5.74, 6) is 0. The Morgan fingerprint density at radius 3 is 2.76 bits per heavy atom. The summed E-state index contributed by atoms with van der Waals surface area (Å²) in [6.45, 7) is 6.39. The molecular formula is C18H21NO2. The van der Waals surface area contributed by atoms with Crippen molar-refractivity contribution in [3.63, 3.8) is 0 Å². The minimum atomic E-state index is -0.191. The number of carbonyl (C=O) groups is 1. The molecule has 2 atom stereocenters. The van der Waals surface area contributed by atoms with Crippen LogP contribution in [-0.2, 0) is 11.3 Å². The van der Waals surface area contributed by atoms with Crippen molar-refractivity contribution >= 4 is 6.09 Å². The van der Waals surface area contributed by atoms with Gasteiger partial charge in [-0.3, -0.25) is 4.90 Å². The van der Waals surface area contributed by atoms with Crippen LogP contribution >= 0.6 is 0 Å². The van der Waals surface area contributed by atoms with Crippen molar-refractivity contribution in [2.24, 2.45) is 0 Å². The minimum Gasteiger partial charge on any atom is -0.445 e. The van der Waals surface area contributed by atoms with E-state index in [-0.39, 0.29) is 18.2 Å². The second-order valence-electron chi connectivity index (χ2n) is 5.92. The highest BCUT2D eigenvalue weighted by molar-refractivity contribution is 5.70. The third-order valence-corrected chi connectivity index (χ3v) is 4.36.